The number of aromatic amines is 1. The zero-order chi connectivity index (χ0) is 22.0. The predicted octanol–water partition coefficient (Wildman–Crippen LogP) is 6.31. The molecule has 0 unspecified atom stereocenters. The molecule has 0 saturated heterocycles. The van der Waals surface area contributed by atoms with Gasteiger partial charge in [0.25, 0.3) is 5.91 Å². The van der Waals surface area contributed by atoms with Crippen LogP contribution in [0.1, 0.15) is 32.1 Å². The number of benzene rings is 2. The van der Waals surface area contributed by atoms with Gasteiger partial charge in [0, 0.05) is 23.2 Å². The number of thiazole rings is 1. The highest BCUT2D eigenvalue weighted by molar-refractivity contribution is 7.15. The van der Waals surface area contributed by atoms with Crippen LogP contribution in [0.2, 0.25) is 0 Å². The van der Waals surface area contributed by atoms with Crippen molar-refractivity contribution in [3.8, 4) is 11.3 Å². The molecule has 0 fully saturated rings. The molecule has 4 rings (SSSR count). The normalized spacial score (nSPS) is 11.5. The number of rotatable bonds is 5. The van der Waals surface area contributed by atoms with Crippen LogP contribution < -0.4 is 5.32 Å². The number of halogens is 3. The Hall–Kier alpha value is -3.39. The SMILES string of the molecule is Cc1cc(-c2ccccc2)[nH]c1C(=O)Nc1ncc(Cc2ccc(C(F)(F)F)cc2)s1. The number of hydrogen-bond acceptors (Lipinski definition) is 3. The molecule has 31 heavy (non-hydrogen) atoms. The van der Waals surface area contributed by atoms with E-state index in [0.717, 1.165) is 39.4 Å². The van der Waals surface area contributed by atoms with Gasteiger partial charge in [0.05, 0.1) is 5.56 Å². The molecular weight excluding hydrogens is 423 g/mol. The van der Waals surface area contributed by atoms with Crippen molar-refractivity contribution in [1.29, 1.82) is 0 Å². The van der Waals surface area contributed by atoms with Crippen LogP contribution in [0.15, 0.2) is 66.9 Å². The number of hydrogen-bond donors (Lipinski definition) is 2. The highest BCUT2D eigenvalue weighted by Crippen LogP contribution is 2.30. The Labute approximate surface area is 180 Å². The third kappa shape index (κ3) is 4.86. The molecule has 0 saturated carbocycles. The molecule has 0 aliphatic carbocycles. The zero-order valence-electron chi connectivity index (χ0n) is 16.5. The number of nitrogens with zero attached hydrogens (tertiary/aromatic N) is 1. The molecule has 8 heteroatoms. The number of H-pyrrole nitrogens is 1. The first-order valence-corrected chi connectivity index (χ1v) is 10.3. The summed E-state index contributed by atoms with van der Waals surface area (Å²) in [4.78, 5) is 20.9. The van der Waals surface area contributed by atoms with Crippen molar-refractivity contribution >= 4 is 22.4 Å². The molecule has 158 valence electrons. The average Bonchev–Trinajstić information content (AvgIpc) is 3.34. The Morgan fingerprint density at radius 2 is 1.81 bits per heavy atom. The molecule has 1 amide bonds. The van der Waals surface area contributed by atoms with E-state index in [9.17, 15) is 18.0 Å². The van der Waals surface area contributed by atoms with Gasteiger partial charge in [-0.3, -0.25) is 10.1 Å². The van der Waals surface area contributed by atoms with Crippen molar-refractivity contribution in [2.75, 3.05) is 5.32 Å². The summed E-state index contributed by atoms with van der Waals surface area (Å²) >= 11 is 1.29. The van der Waals surface area contributed by atoms with Crippen LogP contribution >= 0.6 is 11.3 Å². The van der Waals surface area contributed by atoms with Crippen LogP contribution in [0.5, 0.6) is 0 Å². The highest BCUT2D eigenvalue weighted by atomic mass is 32.1. The van der Waals surface area contributed by atoms with Gasteiger partial charge in [0.15, 0.2) is 5.13 Å². The van der Waals surface area contributed by atoms with Gasteiger partial charge in [-0.2, -0.15) is 13.2 Å². The van der Waals surface area contributed by atoms with Gasteiger partial charge in [-0.25, -0.2) is 4.98 Å². The second-order valence-corrected chi connectivity index (χ2v) is 8.18. The average molecular weight is 441 g/mol. The molecule has 4 aromatic rings. The van der Waals surface area contributed by atoms with Gasteiger partial charge >= 0.3 is 6.18 Å². The van der Waals surface area contributed by atoms with Crippen LogP contribution in [0.25, 0.3) is 11.3 Å². The molecule has 0 aliphatic rings. The van der Waals surface area contributed by atoms with Gasteiger partial charge in [0.2, 0.25) is 0 Å². The van der Waals surface area contributed by atoms with Gasteiger partial charge in [0.1, 0.15) is 5.69 Å². The van der Waals surface area contributed by atoms with E-state index < -0.39 is 11.7 Å². The largest absolute Gasteiger partial charge is 0.416 e. The summed E-state index contributed by atoms with van der Waals surface area (Å²) in [5.41, 5.74) is 3.17. The van der Waals surface area contributed by atoms with Crippen LogP contribution in [0.4, 0.5) is 18.3 Å². The molecule has 0 radical (unpaired) electrons. The molecule has 2 aromatic heterocycles. The summed E-state index contributed by atoms with van der Waals surface area (Å²) in [6.07, 6.45) is -2.29. The highest BCUT2D eigenvalue weighted by Gasteiger charge is 2.29. The smallest absolute Gasteiger partial charge is 0.350 e. The van der Waals surface area contributed by atoms with Crippen molar-refractivity contribution in [3.05, 3.63) is 94.1 Å². The Morgan fingerprint density at radius 3 is 2.48 bits per heavy atom. The summed E-state index contributed by atoms with van der Waals surface area (Å²) in [6, 6.07) is 16.7. The quantitative estimate of drug-likeness (QED) is 0.381. The first-order chi connectivity index (χ1) is 14.8. The lowest BCUT2D eigenvalue weighted by Gasteiger charge is -2.06. The summed E-state index contributed by atoms with van der Waals surface area (Å²) in [7, 11) is 0. The first-order valence-electron chi connectivity index (χ1n) is 9.47. The second-order valence-electron chi connectivity index (χ2n) is 7.06. The van der Waals surface area contributed by atoms with Crippen LogP contribution in [-0.4, -0.2) is 15.9 Å². The van der Waals surface area contributed by atoms with E-state index in [1.165, 1.54) is 23.5 Å². The lowest BCUT2D eigenvalue weighted by molar-refractivity contribution is -0.137. The van der Waals surface area contributed by atoms with Crippen molar-refractivity contribution in [2.24, 2.45) is 0 Å². The third-order valence-electron chi connectivity index (χ3n) is 4.76. The van der Waals surface area contributed by atoms with Crippen molar-refractivity contribution in [1.82, 2.24) is 9.97 Å². The maximum atomic E-state index is 12.7. The Kier molecular flexibility index (Phi) is 5.65. The minimum Gasteiger partial charge on any atom is -0.350 e. The number of carbonyl (C=O) groups is 1. The number of amides is 1. The maximum Gasteiger partial charge on any atom is 0.416 e. The van der Waals surface area contributed by atoms with Crippen molar-refractivity contribution < 1.29 is 18.0 Å². The molecular formula is C23H18F3N3OS. The summed E-state index contributed by atoms with van der Waals surface area (Å²) < 4.78 is 38.1. The van der Waals surface area contributed by atoms with E-state index >= 15 is 0 Å². The topological polar surface area (TPSA) is 57.8 Å². The second kappa shape index (κ2) is 8.39. The molecule has 0 atom stereocenters. The molecule has 0 spiro atoms. The fourth-order valence-electron chi connectivity index (χ4n) is 3.19. The third-order valence-corrected chi connectivity index (χ3v) is 5.67. The van der Waals surface area contributed by atoms with Gasteiger partial charge in [-0.15, -0.1) is 11.3 Å². The van der Waals surface area contributed by atoms with Crippen molar-refractivity contribution in [3.63, 3.8) is 0 Å². The number of anilines is 1. The Balaban J connectivity index is 1.43. The molecule has 2 N–H and O–H groups in total. The lowest BCUT2D eigenvalue weighted by atomic mass is 10.1. The number of carbonyl (C=O) groups excluding carboxylic acids is 1. The number of nitrogens with one attached hydrogen (secondary N) is 2. The molecule has 0 bridgehead atoms. The Bertz CT molecular complexity index is 1200. The summed E-state index contributed by atoms with van der Waals surface area (Å²) in [5, 5.41) is 3.22. The summed E-state index contributed by atoms with van der Waals surface area (Å²) in [6.45, 7) is 1.86. The van der Waals surface area contributed by atoms with Gasteiger partial charge in [-0.1, -0.05) is 42.5 Å². The zero-order valence-corrected chi connectivity index (χ0v) is 17.3. The predicted molar refractivity (Wildman–Crippen MR) is 115 cm³/mol. The minimum atomic E-state index is -4.35. The van der Waals surface area contributed by atoms with Crippen LogP contribution in [-0.2, 0) is 12.6 Å². The molecule has 4 nitrogen and oxygen atoms in total. The monoisotopic (exact) mass is 441 g/mol. The van der Waals surface area contributed by atoms with E-state index in [4.69, 9.17) is 0 Å². The first kappa shape index (κ1) is 20.9. The number of aromatic nitrogens is 2. The Morgan fingerprint density at radius 1 is 1.10 bits per heavy atom. The fourth-order valence-corrected chi connectivity index (χ4v) is 4.03. The van der Waals surface area contributed by atoms with E-state index in [0.29, 0.717) is 17.2 Å². The van der Waals surface area contributed by atoms with Crippen LogP contribution in [0.3, 0.4) is 0 Å². The minimum absolute atomic E-state index is 0.296. The van der Waals surface area contributed by atoms with E-state index in [1.54, 1.807) is 6.20 Å². The standard InChI is InChI=1S/C23H18F3N3OS/c1-14-11-19(16-5-3-2-4-6-16)28-20(14)21(30)29-22-27-13-18(31-22)12-15-7-9-17(10-8-15)23(24,25)26/h2-11,13,28H,12H2,1H3,(H,27,29,30). The summed E-state index contributed by atoms with van der Waals surface area (Å²) in [5.74, 6) is -0.296. The van der Waals surface area contributed by atoms with Gasteiger partial charge in [-0.05, 0) is 41.8 Å². The molecule has 2 aromatic carbocycles. The van der Waals surface area contributed by atoms with E-state index in [1.807, 2.05) is 43.3 Å². The lowest BCUT2D eigenvalue weighted by Crippen LogP contribution is -2.13. The molecule has 0 aliphatic heterocycles. The van der Waals surface area contributed by atoms with Crippen LogP contribution in [0, 0.1) is 6.92 Å². The molecule has 2 heterocycles. The maximum absolute atomic E-state index is 12.7. The number of aryl methyl sites for hydroxylation is 1. The van der Waals surface area contributed by atoms with E-state index in [-0.39, 0.29) is 5.91 Å². The number of alkyl halides is 3. The fraction of sp³-hybridized carbons (Fsp3) is 0.130. The van der Waals surface area contributed by atoms with Gasteiger partial charge < -0.3 is 4.98 Å². The van der Waals surface area contributed by atoms with Crippen molar-refractivity contribution in [2.45, 2.75) is 19.5 Å². The van der Waals surface area contributed by atoms with E-state index in [2.05, 4.69) is 15.3 Å².